The van der Waals surface area contributed by atoms with Crippen molar-refractivity contribution in [2.75, 3.05) is 11.5 Å². The summed E-state index contributed by atoms with van der Waals surface area (Å²) in [5.41, 5.74) is 1.00. The summed E-state index contributed by atoms with van der Waals surface area (Å²) in [6.45, 7) is 12.0. The highest BCUT2D eigenvalue weighted by atomic mass is 32.2. The molecule has 1 fully saturated rings. The summed E-state index contributed by atoms with van der Waals surface area (Å²) in [7, 11) is -2.50. The van der Waals surface area contributed by atoms with Crippen molar-refractivity contribution in [2.24, 2.45) is 4.36 Å². The van der Waals surface area contributed by atoms with Crippen LogP contribution in [0.4, 0.5) is 5.69 Å². The average Bonchev–Trinajstić information content (AvgIpc) is 2.68. The Morgan fingerprint density at radius 1 is 1.00 bits per heavy atom. The van der Waals surface area contributed by atoms with Crippen LogP contribution in [0.1, 0.15) is 41.5 Å². The molecule has 6 heteroatoms. The van der Waals surface area contributed by atoms with Crippen molar-refractivity contribution in [1.29, 1.82) is 0 Å². The summed E-state index contributed by atoms with van der Waals surface area (Å²) >= 11 is 0. The summed E-state index contributed by atoms with van der Waals surface area (Å²) in [4.78, 5) is 0. The van der Waals surface area contributed by atoms with Gasteiger partial charge in [-0.3, -0.25) is 0 Å². The Hall–Kier alpha value is -0.845. The fraction of sp³-hybridized carbons (Fsp3) is 0.625. The summed E-state index contributed by atoms with van der Waals surface area (Å²) in [5, 5.41) is 0. The SMILES string of the molecule is CCS(=O)(CC)=Nc1ccc(B2OC(C)(C)C(C)(C)O2)cc1. The van der Waals surface area contributed by atoms with Crippen LogP contribution in [0.5, 0.6) is 0 Å². The molecule has 122 valence electrons. The van der Waals surface area contributed by atoms with Crippen LogP contribution in [0.25, 0.3) is 0 Å². The molecule has 0 atom stereocenters. The third-order valence-electron chi connectivity index (χ3n) is 4.59. The zero-order valence-corrected chi connectivity index (χ0v) is 15.2. The van der Waals surface area contributed by atoms with Crippen LogP contribution >= 0.6 is 0 Å². The third kappa shape index (κ3) is 3.39. The molecule has 0 aromatic heterocycles. The molecule has 1 aliphatic rings. The second-order valence-electron chi connectivity index (χ2n) is 6.62. The molecule has 0 spiro atoms. The van der Waals surface area contributed by atoms with Crippen LogP contribution in [0.15, 0.2) is 28.6 Å². The van der Waals surface area contributed by atoms with Gasteiger partial charge in [-0.1, -0.05) is 26.0 Å². The van der Waals surface area contributed by atoms with Gasteiger partial charge in [0.25, 0.3) is 0 Å². The van der Waals surface area contributed by atoms with Crippen molar-refractivity contribution in [3.8, 4) is 0 Å². The van der Waals surface area contributed by atoms with E-state index >= 15 is 0 Å². The van der Waals surface area contributed by atoms with Crippen molar-refractivity contribution in [1.82, 2.24) is 0 Å². The van der Waals surface area contributed by atoms with Gasteiger partial charge in [-0.2, -0.15) is 4.36 Å². The van der Waals surface area contributed by atoms with Gasteiger partial charge in [-0.05, 0) is 45.3 Å². The van der Waals surface area contributed by atoms with Crippen molar-refractivity contribution < 1.29 is 13.5 Å². The average molecular weight is 323 g/mol. The summed E-state index contributed by atoms with van der Waals surface area (Å²) in [5.74, 6) is 1.14. The molecule has 0 aliphatic carbocycles. The molecule has 0 radical (unpaired) electrons. The van der Waals surface area contributed by atoms with Gasteiger partial charge in [0.05, 0.1) is 26.6 Å². The largest absolute Gasteiger partial charge is 0.494 e. The van der Waals surface area contributed by atoms with Gasteiger partial charge in [0, 0.05) is 11.5 Å². The zero-order chi connectivity index (χ0) is 16.6. The van der Waals surface area contributed by atoms with Crippen LogP contribution in [0.3, 0.4) is 0 Å². The standard InChI is InChI=1S/C16H26BNO3S/c1-7-22(19,8-2)18-14-11-9-13(10-12-14)17-20-15(3,4)16(5,6)21-17/h9-12H,7-8H2,1-6H3. The Balaban J connectivity index is 2.23. The first-order valence-electron chi connectivity index (χ1n) is 7.80. The van der Waals surface area contributed by atoms with E-state index in [-0.39, 0.29) is 18.3 Å². The van der Waals surface area contributed by atoms with Crippen molar-refractivity contribution in [2.45, 2.75) is 52.7 Å². The van der Waals surface area contributed by atoms with Crippen LogP contribution in [-0.4, -0.2) is 34.0 Å². The highest BCUT2D eigenvalue weighted by Crippen LogP contribution is 2.36. The molecule has 1 heterocycles. The molecule has 1 aromatic carbocycles. The van der Waals surface area contributed by atoms with Crippen molar-refractivity contribution in [3.63, 3.8) is 0 Å². The van der Waals surface area contributed by atoms with Crippen LogP contribution < -0.4 is 5.46 Å². The van der Waals surface area contributed by atoms with Gasteiger partial charge < -0.3 is 9.31 Å². The Morgan fingerprint density at radius 2 is 1.45 bits per heavy atom. The van der Waals surface area contributed by atoms with E-state index in [0.29, 0.717) is 11.5 Å². The molecule has 1 aromatic rings. The molecule has 22 heavy (non-hydrogen) atoms. The maximum atomic E-state index is 12.4. The van der Waals surface area contributed by atoms with Crippen LogP contribution in [0, 0.1) is 0 Å². The van der Waals surface area contributed by atoms with Gasteiger partial charge in [0.1, 0.15) is 0 Å². The molecule has 0 amide bonds. The number of rotatable bonds is 4. The van der Waals surface area contributed by atoms with E-state index in [1.54, 1.807) is 0 Å². The van der Waals surface area contributed by atoms with E-state index in [9.17, 15) is 4.21 Å². The summed E-state index contributed by atoms with van der Waals surface area (Å²) in [6, 6.07) is 7.63. The lowest BCUT2D eigenvalue weighted by Crippen LogP contribution is -2.41. The minimum Gasteiger partial charge on any atom is -0.399 e. The van der Waals surface area contributed by atoms with E-state index < -0.39 is 9.73 Å². The first-order valence-corrected chi connectivity index (χ1v) is 9.66. The molecule has 0 N–H and O–H groups in total. The normalized spacial score (nSPS) is 20.2. The summed E-state index contributed by atoms with van der Waals surface area (Å²) < 4.78 is 28.8. The maximum Gasteiger partial charge on any atom is 0.494 e. The monoisotopic (exact) mass is 323 g/mol. The molecular formula is C16H26BNO3S. The number of benzene rings is 1. The molecule has 1 saturated heterocycles. The molecule has 0 saturated carbocycles. The predicted molar refractivity (Wildman–Crippen MR) is 93.5 cm³/mol. The topological polar surface area (TPSA) is 47.9 Å². The highest BCUT2D eigenvalue weighted by molar-refractivity contribution is 7.93. The van der Waals surface area contributed by atoms with E-state index in [0.717, 1.165) is 11.2 Å². The molecule has 0 unspecified atom stereocenters. The van der Waals surface area contributed by atoms with E-state index in [1.165, 1.54) is 0 Å². The van der Waals surface area contributed by atoms with Gasteiger partial charge in [-0.15, -0.1) is 0 Å². The van der Waals surface area contributed by atoms with Gasteiger partial charge in [0.2, 0.25) is 0 Å². The second kappa shape index (κ2) is 5.98. The third-order valence-corrected chi connectivity index (χ3v) is 6.94. The Morgan fingerprint density at radius 3 is 1.86 bits per heavy atom. The first-order chi connectivity index (χ1) is 10.1. The van der Waals surface area contributed by atoms with Crippen molar-refractivity contribution >= 4 is 28.0 Å². The lowest BCUT2D eigenvalue weighted by atomic mass is 9.79. The minimum absolute atomic E-state index is 0.348. The lowest BCUT2D eigenvalue weighted by Gasteiger charge is -2.32. The van der Waals surface area contributed by atoms with Crippen molar-refractivity contribution in [3.05, 3.63) is 24.3 Å². The first kappa shape index (κ1) is 17.5. The fourth-order valence-electron chi connectivity index (χ4n) is 2.20. The van der Waals surface area contributed by atoms with Crippen LogP contribution in [0.2, 0.25) is 0 Å². The van der Waals surface area contributed by atoms with Crippen LogP contribution in [-0.2, 0) is 19.0 Å². The number of hydrogen-bond acceptors (Lipinski definition) is 4. The highest BCUT2D eigenvalue weighted by Gasteiger charge is 2.51. The molecular weight excluding hydrogens is 297 g/mol. The fourth-order valence-corrected chi connectivity index (χ4v) is 3.37. The van der Waals surface area contributed by atoms with Gasteiger partial charge in [0.15, 0.2) is 0 Å². The van der Waals surface area contributed by atoms with E-state index in [1.807, 2.05) is 65.8 Å². The Kier molecular flexibility index (Phi) is 4.76. The van der Waals surface area contributed by atoms with E-state index in [4.69, 9.17) is 9.31 Å². The number of hydrogen-bond donors (Lipinski definition) is 0. The summed E-state index contributed by atoms with van der Waals surface area (Å²) in [6.07, 6.45) is 0. The molecule has 0 bridgehead atoms. The Labute approximate surface area is 134 Å². The lowest BCUT2D eigenvalue weighted by molar-refractivity contribution is 0.00578. The second-order valence-corrected chi connectivity index (χ2v) is 9.50. The molecule has 1 aliphatic heterocycles. The van der Waals surface area contributed by atoms with E-state index in [2.05, 4.69) is 4.36 Å². The minimum atomic E-state index is -2.12. The molecule has 4 nitrogen and oxygen atoms in total. The number of nitrogens with zero attached hydrogens (tertiary/aromatic N) is 1. The predicted octanol–water partition coefficient (Wildman–Crippen LogP) is 3.13. The zero-order valence-electron chi connectivity index (χ0n) is 14.4. The van der Waals surface area contributed by atoms with Gasteiger partial charge in [-0.25, -0.2) is 4.21 Å². The maximum absolute atomic E-state index is 12.4. The van der Waals surface area contributed by atoms with Gasteiger partial charge >= 0.3 is 7.12 Å². The quantitative estimate of drug-likeness (QED) is 0.800. The molecule has 2 rings (SSSR count). The smallest absolute Gasteiger partial charge is 0.399 e. The Bertz CT molecular complexity index is 620.